The lowest BCUT2D eigenvalue weighted by Gasteiger charge is -2.22. The monoisotopic (exact) mass is 399 g/mol. The minimum absolute atomic E-state index is 0.0329. The fourth-order valence-corrected chi connectivity index (χ4v) is 3.45. The summed E-state index contributed by atoms with van der Waals surface area (Å²) in [5.74, 6) is 0.641. The first-order valence-corrected chi connectivity index (χ1v) is 10.3. The number of hydrogen-bond donors (Lipinski definition) is 1. The van der Waals surface area contributed by atoms with Crippen molar-refractivity contribution in [3.8, 4) is 5.75 Å². The minimum atomic E-state index is -0.260. The van der Waals surface area contributed by atoms with Gasteiger partial charge in [0.2, 0.25) is 5.91 Å². The Morgan fingerprint density at radius 2 is 1.63 bits per heavy atom. The molecule has 0 radical (unpaired) electrons. The van der Waals surface area contributed by atoms with Crippen LogP contribution < -0.4 is 10.1 Å². The molecule has 0 unspecified atom stereocenters. The molecule has 0 aliphatic heterocycles. The van der Waals surface area contributed by atoms with Gasteiger partial charge in [0.15, 0.2) is 0 Å². The van der Waals surface area contributed by atoms with Crippen LogP contribution in [0, 0.1) is 12.8 Å². The first kappa shape index (κ1) is 21.4. The summed E-state index contributed by atoms with van der Waals surface area (Å²) in [4.78, 5) is 13.2. The van der Waals surface area contributed by atoms with Gasteiger partial charge in [0.05, 0.1) is 13.0 Å². The molecule has 0 aromatic heterocycles. The highest BCUT2D eigenvalue weighted by atomic mass is 16.5. The molecule has 2 atom stereocenters. The predicted molar refractivity (Wildman–Crippen MR) is 123 cm³/mol. The maximum absolute atomic E-state index is 13.2. The van der Waals surface area contributed by atoms with E-state index >= 15 is 0 Å². The molecule has 1 N–H and O–H groups in total. The van der Waals surface area contributed by atoms with Crippen LogP contribution in [-0.2, 0) is 11.3 Å². The largest absolute Gasteiger partial charge is 0.497 e. The number of amides is 1. The van der Waals surface area contributed by atoms with Crippen molar-refractivity contribution in [1.82, 2.24) is 5.32 Å². The third-order valence-corrected chi connectivity index (χ3v) is 5.26. The summed E-state index contributed by atoms with van der Waals surface area (Å²) in [6.45, 7) is 4.67. The fraction of sp³-hybridized carbons (Fsp3) is 0.222. The standard InChI is InChI=1S/C27H29NO2/c1-20-9-15-24(16-10-20)26(27(29)28-19-23-7-5-4-6-8-23)21(2)11-12-22-13-17-25(30-3)18-14-22/h4-18,21,26H,19H2,1-3H3,(H,28,29)/b12-11+/t21-,26-/m0/s1. The van der Waals surface area contributed by atoms with E-state index < -0.39 is 0 Å². The summed E-state index contributed by atoms with van der Waals surface area (Å²) < 4.78 is 5.22. The van der Waals surface area contributed by atoms with Crippen molar-refractivity contribution < 1.29 is 9.53 Å². The zero-order valence-corrected chi connectivity index (χ0v) is 17.8. The Labute approximate surface area is 179 Å². The average molecular weight is 400 g/mol. The highest BCUT2D eigenvalue weighted by Gasteiger charge is 2.25. The summed E-state index contributed by atoms with van der Waals surface area (Å²) >= 11 is 0. The lowest BCUT2D eigenvalue weighted by Crippen LogP contribution is -2.32. The highest BCUT2D eigenvalue weighted by molar-refractivity contribution is 5.84. The lowest BCUT2D eigenvalue weighted by molar-refractivity contribution is -0.123. The molecule has 3 nitrogen and oxygen atoms in total. The summed E-state index contributed by atoms with van der Waals surface area (Å²) in [5.41, 5.74) is 4.38. The fourth-order valence-electron chi connectivity index (χ4n) is 3.45. The number of carbonyl (C=O) groups is 1. The molecule has 0 aliphatic rings. The normalized spacial score (nSPS) is 13.0. The van der Waals surface area contributed by atoms with E-state index in [0.717, 1.165) is 22.4 Å². The van der Waals surface area contributed by atoms with Crippen molar-refractivity contribution in [1.29, 1.82) is 0 Å². The smallest absolute Gasteiger partial charge is 0.228 e. The van der Waals surface area contributed by atoms with Gasteiger partial charge in [-0.25, -0.2) is 0 Å². The third kappa shape index (κ3) is 5.84. The van der Waals surface area contributed by atoms with E-state index in [-0.39, 0.29) is 17.7 Å². The van der Waals surface area contributed by atoms with Crippen LogP contribution in [0.1, 0.15) is 35.1 Å². The Balaban J connectivity index is 1.77. The van der Waals surface area contributed by atoms with Crippen molar-refractivity contribution >= 4 is 12.0 Å². The summed E-state index contributed by atoms with van der Waals surface area (Å²) in [6.07, 6.45) is 4.17. The molecular weight excluding hydrogens is 370 g/mol. The molecule has 3 heteroatoms. The number of aryl methyl sites for hydroxylation is 1. The lowest BCUT2D eigenvalue weighted by atomic mass is 9.85. The van der Waals surface area contributed by atoms with Crippen LogP contribution in [-0.4, -0.2) is 13.0 Å². The molecule has 154 valence electrons. The first-order chi connectivity index (χ1) is 14.6. The minimum Gasteiger partial charge on any atom is -0.497 e. The molecule has 0 spiro atoms. The number of rotatable bonds is 8. The van der Waals surface area contributed by atoms with Crippen molar-refractivity contribution in [3.05, 3.63) is 107 Å². The van der Waals surface area contributed by atoms with Gasteiger partial charge in [-0.05, 0) is 41.7 Å². The van der Waals surface area contributed by atoms with Gasteiger partial charge in [0, 0.05) is 6.54 Å². The van der Waals surface area contributed by atoms with E-state index in [2.05, 4.69) is 55.6 Å². The van der Waals surface area contributed by atoms with Gasteiger partial charge in [0.25, 0.3) is 0 Å². The van der Waals surface area contributed by atoms with Gasteiger partial charge < -0.3 is 10.1 Å². The van der Waals surface area contributed by atoms with E-state index in [1.54, 1.807) is 7.11 Å². The summed E-state index contributed by atoms with van der Waals surface area (Å²) in [5, 5.41) is 3.12. The molecule has 1 amide bonds. The van der Waals surface area contributed by atoms with Crippen molar-refractivity contribution in [3.63, 3.8) is 0 Å². The average Bonchev–Trinajstić information content (AvgIpc) is 2.79. The van der Waals surface area contributed by atoms with Gasteiger partial charge >= 0.3 is 0 Å². The van der Waals surface area contributed by atoms with Crippen molar-refractivity contribution in [2.75, 3.05) is 7.11 Å². The molecule has 0 fully saturated rings. The number of allylic oxidation sites excluding steroid dienone is 1. The first-order valence-electron chi connectivity index (χ1n) is 10.3. The number of carbonyl (C=O) groups excluding carboxylic acids is 1. The zero-order valence-electron chi connectivity index (χ0n) is 17.8. The van der Waals surface area contributed by atoms with Crippen LogP contribution >= 0.6 is 0 Å². The molecule has 3 aromatic carbocycles. The molecular formula is C27H29NO2. The molecule has 0 saturated heterocycles. The molecule has 3 rings (SSSR count). The second kappa shape index (κ2) is 10.4. The Morgan fingerprint density at radius 3 is 2.27 bits per heavy atom. The number of hydrogen-bond acceptors (Lipinski definition) is 2. The molecule has 30 heavy (non-hydrogen) atoms. The molecule has 0 aliphatic carbocycles. The number of methoxy groups -OCH3 is 1. The Hall–Kier alpha value is -3.33. The van der Waals surface area contributed by atoms with Crippen LogP contribution in [0.5, 0.6) is 5.75 Å². The Kier molecular flexibility index (Phi) is 7.45. The van der Waals surface area contributed by atoms with Crippen molar-refractivity contribution in [2.45, 2.75) is 26.3 Å². The highest BCUT2D eigenvalue weighted by Crippen LogP contribution is 2.27. The maximum atomic E-state index is 13.2. The Morgan fingerprint density at radius 1 is 0.967 bits per heavy atom. The molecule has 0 bridgehead atoms. The van der Waals surface area contributed by atoms with Crippen LogP contribution in [0.3, 0.4) is 0 Å². The van der Waals surface area contributed by atoms with Gasteiger partial charge in [0.1, 0.15) is 5.75 Å². The molecule has 0 heterocycles. The second-order valence-corrected chi connectivity index (χ2v) is 7.58. The summed E-state index contributed by atoms with van der Waals surface area (Å²) in [6, 6.07) is 26.1. The van der Waals surface area contributed by atoms with E-state index in [1.165, 1.54) is 5.56 Å². The van der Waals surface area contributed by atoms with E-state index in [4.69, 9.17) is 4.74 Å². The molecule has 0 saturated carbocycles. The van der Waals surface area contributed by atoms with Gasteiger partial charge in [-0.3, -0.25) is 4.79 Å². The quantitative estimate of drug-likeness (QED) is 0.523. The Bertz CT molecular complexity index is 960. The number of ether oxygens (including phenoxy) is 1. The molecule has 3 aromatic rings. The topological polar surface area (TPSA) is 38.3 Å². The predicted octanol–water partition coefficient (Wildman–Crippen LogP) is 5.75. The third-order valence-electron chi connectivity index (χ3n) is 5.26. The summed E-state index contributed by atoms with van der Waals surface area (Å²) in [7, 11) is 1.66. The van der Waals surface area contributed by atoms with Gasteiger partial charge in [-0.2, -0.15) is 0 Å². The number of benzene rings is 3. The zero-order chi connectivity index (χ0) is 21.3. The van der Waals surface area contributed by atoms with Crippen LogP contribution in [0.25, 0.3) is 6.08 Å². The van der Waals surface area contributed by atoms with Crippen LogP contribution in [0.15, 0.2) is 84.9 Å². The maximum Gasteiger partial charge on any atom is 0.228 e. The van der Waals surface area contributed by atoms with Crippen LogP contribution in [0.2, 0.25) is 0 Å². The number of nitrogens with one attached hydrogen (secondary N) is 1. The van der Waals surface area contributed by atoms with Gasteiger partial charge in [-0.1, -0.05) is 91.4 Å². The van der Waals surface area contributed by atoms with E-state index in [9.17, 15) is 4.79 Å². The van der Waals surface area contributed by atoms with E-state index in [1.807, 2.05) is 54.6 Å². The van der Waals surface area contributed by atoms with E-state index in [0.29, 0.717) is 6.54 Å². The van der Waals surface area contributed by atoms with Gasteiger partial charge in [-0.15, -0.1) is 0 Å². The van der Waals surface area contributed by atoms with Crippen molar-refractivity contribution in [2.24, 2.45) is 5.92 Å². The second-order valence-electron chi connectivity index (χ2n) is 7.58. The SMILES string of the molecule is COc1ccc(/C=C/[C@H](C)[C@H](C(=O)NCc2ccccc2)c2ccc(C)cc2)cc1. The van der Waals surface area contributed by atoms with Crippen LogP contribution in [0.4, 0.5) is 0 Å².